The highest BCUT2D eigenvalue weighted by molar-refractivity contribution is 4.72. The zero-order chi connectivity index (χ0) is 6.78. The van der Waals surface area contributed by atoms with Crippen LogP contribution in [0.15, 0.2) is 0 Å². The van der Waals surface area contributed by atoms with E-state index in [1.165, 1.54) is 6.92 Å². The molecule has 0 spiro atoms. The second-order valence-electron chi connectivity index (χ2n) is 1.93. The first-order valence-corrected chi connectivity index (χ1v) is 2.47. The first-order valence-electron chi connectivity index (χ1n) is 2.47. The van der Waals surface area contributed by atoms with Crippen LogP contribution >= 0.6 is 0 Å². The molecule has 1 atom stereocenters. The third-order valence-corrected chi connectivity index (χ3v) is 1.15. The van der Waals surface area contributed by atoms with Crippen molar-refractivity contribution in [2.24, 2.45) is 0 Å². The first kappa shape index (κ1) is 7.79. The Hall–Kier alpha value is -0.210. The van der Waals surface area contributed by atoms with Crippen LogP contribution in [0, 0.1) is 0 Å². The fourth-order valence-electron chi connectivity index (χ4n) is 0.154. The number of rotatable bonds is 2. The minimum Gasteiger partial charge on any atom is -0.238 e. The average molecular weight is 126 g/mol. The molecule has 0 aromatic rings. The standard InChI is InChI=1S/C5H9F3/c1-3-5(2,8)4(6)7/h4H,3H2,1-2H3. The fraction of sp³-hybridized carbons (Fsp3) is 1.00. The van der Waals surface area contributed by atoms with E-state index in [9.17, 15) is 13.2 Å². The predicted octanol–water partition coefficient (Wildman–Crippen LogP) is 2.39. The quantitative estimate of drug-likeness (QED) is 0.533. The molecular weight excluding hydrogens is 117 g/mol. The third-order valence-electron chi connectivity index (χ3n) is 1.15. The molecule has 0 radical (unpaired) electrons. The number of alkyl halides is 3. The number of hydrogen-bond donors (Lipinski definition) is 0. The van der Waals surface area contributed by atoms with E-state index >= 15 is 0 Å². The van der Waals surface area contributed by atoms with Gasteiger partial charge in [0.25, 0.3) is 6.43 Å². The molecule has 0 bridgehead atoms. The second kappa shape index (κ2) is 2.37. The normalized spacial score (nSPS) is 18.8. The van der Waals surface area contributed by atoms with Crippen molar-refractivity contribution in [3.63, 3.8) is 0 Å². The summed E-state index contributed by atoms with van der Waals surface area (Å²) >= 11 is 0. The molecule has 1 unspecified atom stereocenters. The number of hydrogen-bond acceptors (Lipinski definition) is 0. The van der Waals surface area contributed by atoms with Gasteiger partial charge in [0.05, 0.1) is 0 Å². The third kappa shape index (κ3) is 1.72. The highest BCUT2D eigenvalue weighted by atomic mass is 19.3. The first-order chi connectivity index (χ1) is 3.50. The maximum atomic E-state index is 12.2. The Morgan fingerprint density at radius 2 is 1.88 bits per heavy atom. The van der Waals surface area contributed by atoms with Crippen LogP contribution in [0.25, 0.3) is 0 Å². The molecule has 0 aliphatic carbocycles. The van der Waals surface area contributed by atoms with Gasteiger partial charge in [-0.2, -0.15) is 0 Å². The summed E-state index contributed by atoms with van der Waals surface area (Å²) in [6, 6.07) is 0. The van der Waals surface area contributed by atoms with Gasteiger partial charge in [-0.05, 0) is 13.3 Å². The van der Waals surface area contributed by atoms with E-state index in [1.54, 1.807) is 0 Å². The van der Waals surface area contributed by atoms with Crippen molar-refractivity contribution in [3.8, 4) is 0 Å². The Balaban J connectivity index is 3.71. The van der Waals surface area contributed by atoms with Crippen molar-refractivity contribution in [2.75, 3.05) is 0 Å². The lowest BCUT2D eigenvalue weighted by Crippen LogP contribution is -2.26. The van der Waals surface area contributed by atoms with Gasteiger partial charge in [0.15, 0.2) is 5.67 Å². The maximum Gasteiger partial charge on any atom is 0.271 e. The average Bonchev–Trinajstić information content (AvgIpc) is 1.67. The summed E-state index contributed by atoms with van der Waals surface area (Å²) in [5.41, 5.74) is -2.29. The zero-order valence-corrected chi connectivity index (χ0v) is 4.92. The van der Waals surface area contributed by atoms with Crippen LogP contribution in [-0.2, 0) is 0 Å². The van der Waals surface area contributed by atoms with E-state index in [2.05, 4.69) is 0 Å². The molecular formula is C5H9F3. The van der Waals surface area contributed by atoms with Crippen molar-refractivity contribution < 1.29 is 13.2 Å². The van der Waals surface area contributed by atoms with Crippen LogP contribution in [0.1, 0.15) is 20.3 Å². The molecule has 0 saturated heterocycles. The molecule has 0 amide bonds. The smallest absolute Gasteiger partial charge is 0.238 e. The molecule has 0 nitrogen and oxygen atoms in total. The van der Waals surface area contributed by atoms with Crippen LogP contribution in [-0.4, -0.2) is 12.1 Å². The summed E-state index contributed by atoms with van der Waals surface area (Å²) < 4.78 is 35.1. The van der Waals surface area contributed by atoms with Crippen LogP contribution in [0.3, 0.4) is 0 Å². The zero-order valence-electron chi connectivity index (χ0n) is 4.92. The van der Waals surface area contributed by atoms with Gasteiger partial charge in [0, 0.05) is 0 Å². The van der Waals surface area contributed by atoms with Gasteiger partial charge in [-0.25, -0.2) is 13.2 Å². The lowest BCUT2D eigenvalue weighted by molar-refractivity contribution is -0.0241. The largest absolute Gasteiger partial charge is 0.271 e. The van der Waals surface area contributed by atoms with Gasteiger partial charge >= 0.3 is 0 Å². The molecule has 0 saturated carbocycles. The van der Waals surface area contributed by atoms with Crippen molar-refractivity contribution in [3.05, 3.63) is 0 Å². The van der Waals surface area contributed by atoms with Crippen molar-refractivity contribution in [1.82, 2.24) is 0 Å². The van der Waals surface area contributed by atoms with E-state index in [0.29, 0.717) is 0 Å². The second-order valence-corrected chi connectivity index (χ2v) is 1.93. The number of halogens is 3. The molecule has 0 N–H and O–H groups in total. The van der Waals surface area contributed by atoms with E-state index in [-0.39, 0.29) is 6.42 Å². The van der Waals surface area contributed by atoms with Gasteiger partial charge in [-0.15, -0.1) is 0 Å². The summed E-state index contributed by atoms with van der Waals surface area (Å²) in [5.74, 6) is 0. The molecule has 0 aromatic carbocycles. The van der Waals surface area contributed by atoms with Crippen molar-refractivity contribution >= 4 is 0 Å². The van der Waals surface area contributed by atoms with Gasteiger partial charge in [0.2, 0.25) is 0 Å². The molecule has 0 aliphatic rings. The highest BCUT2D eigenvalue weighted by Gasteiger charge is 2.32. The predicted molar refractivity (Wildman–Crippen MR) is 25.8 cm³/mol. The molecule has 0 heterocycles. The molecule has 50 valence electrons. The van der Waals surface area contributed by atoms with Gasteiger partial charge in [-0.3, -0.25) is 0 Å². The van der Waals surface area contributed by atoms with E-state index in [1.807, 2.05) is 0 Å². The van der Waals surface area contributed by atoms with Gasteiger partial charge < -0.3 is 0 Å². The Bertz CT molecular complexity index is 68.1. The summed E-state index contributed by atoms with van der Waals surface area (Å²) in [6.45, 7) is 2.30. The van der Waals surface area contributed by atoms with Crippen LogP contribution < -0.4 is 0 Å². The SMILES string of the molecule is CCC(C)(F)C(F)F. The van der Waals surface area contributed by atoms with Crippen LogP contribution in [0.4, 0.5) is 13.2 Å². The molecule has 0 rings (SSSR count). The maximum absolute atomic E-state index is 12.2. The van der Waals surface area contributed by atoms with E-state index in [0.717, 1.165) is 6.92 Å². The van der Waals surface area contributed by atoms with Crippen LogP contribution in [0.2, 0.25) is 0 Å². The van der Waals surface area contributed by atoms with E-state index < -0.39 is 12.1 Å². The van der Waals surface area contributed by atoms with Crippen molar-refractivity contribution in [2.45, 2.75) is 32.4 Å². The lowest BCUT2D eigenvalue weighted by atomic mass is 10.1. The molecule has 8 heavy (non-hydrogen) atoms. The Morgan fingerprint density at radius 3 is 1.88 bits per heavy atom. The van der Waals surface area contributed by atoms with Crippen LogP contribution in [0.5, 0.6) is 0 Å². The summed E-state index contributed by atoms with van der Waals surface area (Å²) in [5, 5.41) is 0. The Kier molecular flexibility index (Phi) is 2.31. The highest BCUT2D eigenvalue weighted by Crippen LogP contribution is 2.22. The van der Waals surface area contributed by atoms with Gasteiger partial charge in [-0.1, -0.05) is 6.92 Å². The monoisotopic (exact) mass is 126 g/mol. The fourth-order valence-corrected chi connectivity index (χ4v) is 0.154. The van der Waals surface area contributed by atoms with Gasteiger partial charge in [0.1, 0.15) is 0 Å². The Morgan fingerprint density at radius 1 is 1.50 bits per heavy atom. The topological polar surface area (TPSA) is 0 Å². The molecule has 3 heteroatoms. The summed E-state index contributed by atoms with van der Waals surface area (Å²) in [4.78, 5) is 0. The summed E-state index contributed by atoms with van der Waals surface area (Å²) in [6.07, 6.45) is -2.99. The molecule has 0 aliphatic heterocycles. The minimum absolute atomic E-state index is 0.134. The lowest BCUT2D eigenvalue weighted by Gasteiger charge is -2.15. The minimum atomic E-state index is -2.85. The Labute approximate surface area is 46.7 Å². The van der Waals surface area contributed by atoms with E-state index in [4.69, 9.17) is 0 Å². The molecule has 0 aromatic heterocycles. The summed E-state index contributed by atoms with van der Waals surface area (Å²) in [7, 11) is 0. The van der Waals surface area contributed by atoms with Crippen molar-refractivity contribution in [1.29, 1.82) is 0 Å². The molecule has 0 fully saturated rings.